The number of esters is 1. The lowest BCUT2D eigenvalue weighted by Crippen LogP contribution is -2.48. The molecule has 0 aromatic rings. The summed E-state index contributed by atoms with van der Waals surface area (Å²) in [7, 11) is 0. The third-order valence-electron chi connectivity index (χ3n) is 7.91. The number of carbonyl (C=O) groups excluding carboxylic acids is 1. The monoisotopic (exact) mass is 332 g/mol. The van der Waals surface area contributed by atoms with Crippen LogP contribution in [0.5, 0.6) is 0 Å². The summed E-state index contributed by atoms with van der Waals surface area (Å²) in [6.07, 6.45) is 11.9. The number of hydrogen-bond donors (Lipinski definition) is 1. The van der Waals surface area contributed by atoms with E-state index in [9.17, 15) is 9.90 Å². The van der Waals surface area contributed by atoms with E-state index in [4.69, 9.17) is 4.74 Å². The normalized spacial score (nSPS) is 47.2. The van der Waals surface area contributed by atoms with Gasteiger partial charge in [0, 0.05) is 11.8 Å². The van der Waals surface area contributed by atoms with Crippen molar-refractivity contribution in [2.45, 2.75) is 83.8 Å². The number of ether oxygens (including phenoxy) is 1. The van der Waals surface area contributed by atoms with Gasteiger partial charge in [0.25, 0.3) is 0 Å². The van der Waals surface area contributed by atoms with Crippen molar-refractivity contribution in [1.82, 2.24) is 0 Å². The summed E-state index contributed by atoms with van der Waals surface area (Å²) >= 11 is 0. The first-order valence-corrected chi connectivity index (χ1v) is 10.1. The molecule has 0 unspecified atom stereocenters. The second kappa shape index (κ2) is 6.16. The molecule has 0 radical (unpaired) electrons. The first kappa shape index (κ1) is 16.6. The fourth-order valence-electron chi connectivity index (χ4n) is 6.70. The molecule has 3 heteroatoms. The Labute approximate surface area is 145 Å². The number of aliphatic hydroxyl groups excluding tert-OH is 1. The van der Waals surface area contributed by atoms with Crippen LogP contribution in [-0.2, 0) is 9.53 Å². The summed E-state index contributed by atoms with van der Waals surface area (Å²) in [6.45, 7) is 4.28. The second-order valence-corrected chi connectivity index (χ2v) is 8.92. The van der Waals surface area contributed by atoms with Gasteiger partial charge in [0.15, 0.2) is 0 Å². The summed E-state index contributed by atoms with van der Waals surface area (Å²) in [5.41, 5.74) is 1.74. The molecule has 3 saturated carbocycles. The minimum atomic E-state index is -0.203. The van der Waals surface area contributed by atoms with Gasteiger partial charge in [-0.2, -0.15) is 0 Å². The molecule has 0 aromatic heterocycles. The van der Waals surface area contributed by atoms with Crippen LogP contribution in [0.25, 0.3) is 0 Å². The average molecular weight is 332 g/mol. The van der Waals surface area contributed by atoms with E-state index in [1.165, 1.54) is 38.5 Å². The zero-order valence-electron chi connectivity index (χ0n) is 15.2. The molecule has 0 heterocycles. The van der Waals surface area contributed by atoms with Crippen LogP contribution in [0.2, 0.25) is 0 Å². The Kier molecular flexibility index (Phi) is 4.27. The molecule has 0 saturated heterocycles. The predicted octanol–water partition coefficient (Wildman–Crippen LogP) is 4.24. The lowest BCUT2D eigenvalue weighted by Gasteiger charge is -2.53. The van der Waals surface area contributed by atoms with Gasteiger partial charge in [-0.3, -0.25) is 4.79 Å². The first-order chi connectivity index (χ1) is 11.5. The number of carbonyl (C=O) groups is 1. The van der Waals surface area contributed by atoms with Crippen LogP contribution in [0.15, 0.2) is 11.6 Å². The fraction of sp³-hybridized carbons (Fsp3) is 0.857. The van der Waals surface area contributed by atoms with E-state index in [2.05, 4.69) is 13.0 Å². The molecule has 0 aliphatic heterocycles. The predicted molar refractivity (Wildman–Crippen MR) is 93.3 cm³/mol. The number of allylic oxidation sites excluding steroid dienone is 1. The number of rotatable bonds is 2. The third-order valence-corrected chi connectivity index (χ3v) is 7.91. The molecule has 134 valence electrons. The minimum absolute atomic E-state index is 0.0286. The lowest BCUT2D eigenvalue weighted by molar-refractivity contribution is -0.158. The van der Waals surface area contributed by atoms with E-state index in [0.717, 1.165) is 30.6 Å². The molecular weight excluding hydrogens is 300 g/mol. The summed E-state index contributed by atoms with van der Waals surface area (Å²) in [4.78, 5) is 11.8. The lowest BCUT2D eigenvalue weighted by atomic mass is 9.52. The van der Waals surface area contributed by atoms with Crippen molar-refractivity contribution in [3.05, 3.63) is 11.6 Å². The maximum atomic E-state index is 11.8. The molecule has 4 rings (SSSR count). The highest BCUT2D eigenvalue weighted by Gasteiger charge is 2.57. The summed E-state index contributed by atoms with van der Waals surface area (Å²) in [6, 6.07) is 0. The Morgan fingerprint density at radius 3 is 2.83 bits per heavy atom. The molecule has 4 aliphatic carbocycles. The topological polar surface area (TPSA) is 46.5 Å². The molecule has 7 atom stereocenters. The van der Waals surface area contributed by atoms with Crippen molar-refractivity contribution in [3.8, 4) is 0 Å². The van der Waals surface area contributed by atoms with Gasteiger partial charge in [-0.05, 0) is 75.0 Å². The van der Waals surface area contributed by atoms with E-state index in [0.29, 0.717) is 12.3 Å². The van der Waals surface area contributed by atoms with Gasteiger partial charge in [-0.25, -0.2) is 0 Å². The molecule has 3 fully saturated rings. The van der Waals surface area contributed by atoms with Crippen LogP contribution in [0.4, 0.5) is 0 Å². The van der Waals surface area contributed by atoms with Gasteiger partial charge in [0.1, 0.15) is 6.10 Å². The van der Waals surface area contributed by atoms with Crippen LogP contribution in [-0.4, -0.2) is 23.3 Å². The van der Waals surface area contributed by atoms with Gasteiger partial charge in [-0.1, -0.05) is 25.5 Å². The standard InChI is InChI=1S/C21H32O3/c1-3-20(23)24-19-9-8-18-17-6-4-13-12-14(22)5-7-15(13)16(17)10-11-21(18,19)2/h12,14-19,22H,3-11H2,1-2H3/t14-,15-,16+,17+,18-,19-,21-/m0/s1. The Morgan fingerprint density at radius 1 is 1.21 bits per heavy atom. The quantitative estimate of drug-likeness (QED) is 0.607. The van der Waals surface area contributed by atoms with Crippen LogP contribution in [0.1, 0.15) is 71.6 Å². The van der Waals surface area contributed by atoms with E-state index < -0.39 is 0 Å². The van der Waals surface area contributed by atoms with Crippen LogP contribution in [0.3, 0.4) is 0 Å². The van der Waals surface area contributed by atoms with Crippen molar-refractivity contribution in [2.24, 2.45) is 29.1 Å². The Hall–Kier alpha value is -0.830. The Balaban J connectivity index is 1.53. The fourth-order valence-corrected chi connectivity index (χ4v) is 6.70. The number of aliphatic hydroxyl groups is 1. The van der Waals surface area contributed by atoms with Crippen molar-refractivity contribution in [1.29, 1.82) is 0 Å². The molecule has 1 N–H and O–H groups in total. The van der Waals surface area contributed by atoms with Gasteiger partial charge in [0.05, 0.1) is 6.10 Å². The number of fused-ring (bicyclic) bond motifs is 5. The highest BCUT2D eigenvalue weighted by molar-refractivity contribution is 5.69. The molecule has 0 bridgehead atoms. The SMILES string of the molecule is CCC(=O)O[C@H]1CC[C@H]2[C@@H]3CCC4=C[C@@H](O)CC[C@@H]4[C@H]3CC[C@]12C. The van der Waals surface area contributed by atoms with Gasteiger partial charge in [0.2, 0.25) is 0 Å². The second-order valence-electron chi connectivity index (χ2n) is 8.92. The molecule has 4 aliphatic rings. The van der Waals surface area contributed by atoms with E-state index in [-0.39, 0.29) is 23.6 Å². The first-order valence-electron chi connectivity index (χ1n) is 10.1. The van der Waals surface area contributed by atoms with Gasteiger partial charge in [-0.15, -0.1) is 0 Å². The largest absolute Gasteiger partial charge is 0.462 e. The summed E-state index contributed by atoms with van der Waals surface area (Å²) < 4.78 is 5.85. The highest BCUT2D eigenvalue weighted by atomic mass is 16.5. The Bertz CT molecular complexity index is 539. The maximum absolute atomic E-state index is 11.8. The van der Waals surface area contributed by atoms with Crippen molar-refractivity contribution in [3.63, 3.8) is 0 Å². The van der Waals surface area contributed by atoms with E-state index in [1.54, 1.807) is 5.57 Å². The average Bonchev–Trinajstić information content (AvgIpc) is 2.90. The summed E-state index contributed by atoms with van der Waals surface area (Å²) in [5, 5.41) is 9.95. The van der Waals surface area contributed by atoms with E-state index in [1.807, 2.05) is 6.92 Å². The maximum Gasteiger partial charge on any atom is 0.305 e. The van der Waals surface area contributed by atoms with Crippen molar-refractivity contribution >= 4 is 5.97 Å². The highest BCUT2D eigenvalue weighted by Crippen LogP contribution is 2.62. The molecule has 24 heavy (non-hydrogen) atoms. The number of hydrogen-bond acceptors (Lipinski definition) is 3. The smallest absolute Gasteiger partial charge is 0.305 e. The molecule has 0 spiro atoms. The van der Waals surface area contributed by atoms with E-state index >= 15 is 0 Å². The molecule has 3 nitrogen and oxygen atoms in total. The summed E-state index contributed by atoms with van der Waals surface area (Å²) in [5.74, 6) is 3.01. The van der Waals surface area contributed by atoms with Crippen molar-refractivity contribution < 1.29 is 14.6 Å². The van der Waals surface area contributed by atoms with Gasteiger partial charge < -0.3 is 9.84 Å². The zero-order chi connectivity index (χ0) is 16.9. The molecule has 0 amide bonds. The third kappa shape index (κ3) is 2.55. The minimum Gasteiger partial charge on any atom is -0.462 e. The Morgan fingerprint density at radius 2 is 2.04 bits per heavy atom. The zero-order valence-corrected chi connectivity index (χ0v) is 15.2. The van der Waals surface area contributed by atoms with Crippen LogP contribution >= 0.6 is 0 Å². The van der Waals surface area contributed by atoms with Crippen molar-refractivity contribution in [2.75, 3.05) is 0 Å². The molecular formula is C21H32O3. The van der Waals surface area contributed by atoms with Gasteiger partial charge >= 0.3 is 5.97 Å². The van der Waals surface area contributed by atoms with Crippen LogP contribution in [0, 0.1) is 29.1 Å². The van der Waals surface area contributed by atoms with Crippen LogP contribution < -0.4 is 0 Å². The molecule has 0 aromatic carbocycles.